The van der Waals surface area contributed by atoms with Gasteiger partial charge in [-0.2, -0.15) is 0 Å². The van der Waals surface area contributed by atoms with E-state index in [-0.39, 0.29) is 11.7 Å². The molecule has 122 valence electrons. The smallest absolute Gasteiger partial charge is 0.214 e. The molecule has 21 heavy (non-hydrogen) atoms. The lowest BCUT2D eigenvalue weighted by atomic mass is 9.97. The van der Waals surface area contributed by atoms with E-state index in [0.29, 0.717) is 19.4 Å². The fourth-order valence-electron chi connectivity index (χ4n) is 2.41. The van der Waals surface area contributed by atoms with Crippen LogP contribution in [-0.2, 0) is 10.0 Å². The van der Waals surface area contributed by atoms with Crippen molar-refractivity contribution in [3.05, 3.63) is 23.8 Å². The molecule has 6 heteroatoms. The van der Waals surface area contributed by atoms with E-state index in [1.807, 2.05) is 19.9 Å². The van der Waals surface area contributed by atoms with E-state index in [0.717, 1.165) is 12.0 Å². The zero-order valence-electron chi connectivity index (χ0n) is 13.1. The Morgan fingerprint density at radius 2 is 1.95 bits per heavy atom. The average molecular weight is 317 g/mol. The number of hydrogen-bond donors (Lipinski definition) is 2. The van der Waals surface area contributed by atoms with Gasteiger partial charge in [0.1, 0.15) is 0 Å². The molecule has 0 saturated carbocycles. The second-order valence-electron chi connectivity index (χ2n) is 5.85. The molecule has 0 aromatic heterocycles. The molecular weight excluding hydrogens is 290 g/mol. The second kappa shape index (κ2) is 8.08. The van der Waals surface area contributed by atoms with Gasteiger partial charge in [0.2, 0.25) is 10.0 Å². The van der Waals surface area contributed by atoms with Crippen LogP contribution in [0.5, 0.6) is 0 Å². The average Bonchev–Trinajstić information content (AvgIpc) is 2.40. The second-order valence-corrected chi connectivity index (χ2v) is 8.04. The van der Waals surface area contributed by atoms with Crippen LogP contribution in [-0.4, -0.2) is 54.5 Å². The zero-order chi connectivity index (χ0) is 16.0. The van der Waals surface area contributed by atoms with E-state index in [2.05, 4.69) is 0 Å². The molecule has 0 spiro atoms. The molecule has 0 radical (unpaired) electrons. The summed E-state index contributed by atoms with van der Waals surface area (Å²) in [5.41, 5.74) is 0.862. The van der Waals surface area contributed by atoms with Gasteiger partial charge in [0.25, 0.3) is 0 Å². The van der Waals surface area contributed by atoms with Gasteiger partial charge in [-0.15, -0.1) is 0 Å². The van der Waals surface area contributed by atoms with Gasteiger partial charge in [-0.25, -0.2) is 12.7 Å². The Hall–Kier alpha value is -0.690. The van der Waals surface area contributed by atoms with Gasteiger partial charge in [-0.1, -0.05) is 30.7 Å². The molecule has 2 N–H and O–H groups in total. The van der Waals surface area contributed by atoms with Gasteiger partial charge < -0.3 is 10.2 Å². The highest BCUT2D eigenvalue weighted by molar-refractivity contribution is 7.89. The van der Waals surface area contributed by atoms with E-state index in [4.69, 9.17) is 0 Å². The van der Waals surface area contributed by atoms with Crippen LogP contribution in [0.15, 0.2) is 23.8 Å². The van der Waals surface area contributed by atoms with Crippen LogP contribution in [0, 0.1) is 5.92 Å². The van der Waals surface area contributed by atoms with Crippen molar-refractivity contribution >= 4 is 10.0 Å². The monoisotopic (exact) mass is 317 g/mol. The van der Waals surface area contributed by atoms with Crippen LogP contribution in [0.2, 0.25) is 0 Å². The largest absolute Gasteiger partial charge is 0.389 e. The van der Waals surface area contributed by atoms with Crippen LogP contribution in [0.4, 0.5) is 0 Å². The zero-order valence-corrected chi connectivity index (χ0v) is 13.9. The first-order valence-electron chi connectivity index (χ1n) is 7.38. The number of aliphatic hydroxyl groups excluding tert-OH is 2. The minimum atomic E-state index is -3.23. The van der Waals surface area contributed by atoms with Crippen molar-refractivity contribution in [3.8, 4) is 0 Å². The Bertz CT molecular complexity index is 484. The number of nitrogens with zero attached hydrogens (tertiary/aromatic N) is 1. The van der Waals surface area contributed by atoms with Crippen LogP contribution >= 0.6 is 0 Å². The lowest BCUT2D eigenvalue weighted by molar-refractivity contribution is 0.0254. The fraction of sp³-hybridized carbons (Fsp3) is 0.733. The van der Waals surface area contributed by atoms with E-state index >= 15 is 0 Å². The third-order valence-electron chi connectivity index (χ3n) is 3.74. The van der Waals surface area contributed by atoms with E-state index < -0.39 is 22.2 Å². The van der Waals surface area contributed by atoms with Gasteiger partial charge >= 0.3 is 0 Å². The Kier molecular flexibility index (Phi) is 7.06. The Morgan fingerprint density at radius 1 is 1.29 bits per heavy atom. The standard InChI is InChI=1S/C15H27NO4S/c1-12-10-13(2)15(18)14(17)8-6-4-5-7-9-21(19,20)16(3)11-12/h6,8,10,13-15,17-18H,4-5,7,9,11H2,1-3H3/b8-6+,12-10-/t13-,14+,15+/m1/s1. The highest BCUT2D eigenvalue weighted by Crippen LogP contribution is 2.15. The number of rotatable bonds is 0. The molecule has 0 aliphatic carbocycles. The van der Waals surface area contributed by atoms with Crippen molar-refractivity contribution in [1.82, 2.24) is 4.31 Å². The number of allylic oxidation sites excluding steroid dienone is 1. The normalized spacial score (nSPS) is 37.2. The number of aliphatic hydroxyl groups is 2. The predicted molar refractivity (Wildman–Crippen MR) is 84.3 cm³/mol. The summed E-state index contributed by atoms with van der Waals surface area (Å²) in [5, 5.41) is 20.0. The minimum Gasteiger partial charge on any atom is -0.389 e. The quantitative estimate of drug-likeness (QED) is 0.660. The maximum atomic E-state index is 12.1. The lowest BCUT2D eigenvalue weighted by Crippen LogP contribution is -2.32. The number of sulfonamides is 1. The first kappa shape index (κ1) is 18.4. The summed E-state index contributed by atoms with van der Waals surface area (Å²) in [5.74, 6) is -0.102. The SMILES string of the molecule is C/C1=C/[C@@H](C)[C@H](O)[C@@H](O)/C=C/CCCCS(=O)(=O)N(C)C1. The Balaban J connectivity index is 2.93. The molecule has 5 nitrogen and oxygen atoms in total. The van der Waals surface area contributed by atoms with Gasteiger partial charge in [0.15, 0.2) is 0 Å². The van der Waals surface area contributed by atoms with Gasteiger partial charge in [-0.05, 0) is 26.2 Å². The maximum Gasteiger partial charge on any atom is 0.214 e. The number of hydrogen-bond acceptors (Lipinski definition) is 4. The van der Waals surface area contributed by atoms with Crippen molar-refractivity contribution in [3.63, 3.8) is 0 Å². The molecular formula is C15H27NO4S. The van der Waals surface area contributed by atoms with Gasteiger partial charge in [-0.3, -0.25) is 0 Å². The summed E-state index contributed by atoms with van der Waals surface area (Å²) in [6.07, 6.45) is 5.47. The van der Waals surface area contributed by atoms with Crippen molar-refractivity contribution in [2.75, 3.05) is 19.3 Å². The van der Waals surface area contributed by atoms with Crippen molar-refractivity contribution in [1.29, 1.82) is 0 Å². The third kappa shape index (κ3) is 5.90. The Morgan fingerprint density at radius 3 is 2.62 bits per heavy atom. The summed E-state index contributed by atoms with van der Waals surface area (Å²) < 4.78 is 25.6. The molecule has 0 aromatic carbocycles. The van der Waals surface area contributed by atoms with Gasteiger partial charge in [0, 0.05) is 19.5 Å². The van der Waals surface area contributed by atoms with E-state index in [1.54, 1.807) is 19.2 Å². The molecule has 1 heterocycles. The molecule has 1 aliphatic rings. The molecule has 0 unspecified atom stereocenters. The summed E-state index contributed by atoms with van der Waals surface area (Å²) in [4.78, 5) is 0. The van der Waals surface area contributed by atoms with E-state index in [1.165, 1.54) is 4.31 Å². The highest BCUT2D eigenvalue weighted by Gasteiger charge is 2.21. The van der Waals surface area contributed by atoms with Crippen molar-refractivity contribution in [2.24, 2.45) is 5.92 Å². The van der Waals surface area contributed by atoms with Crippen LogP contribution < -0.4 is 0 Å². The molecule has 1 aliphatic heterocycles. The molecule has 0 bridgehead atoms. The maximum absolute atomic E-state index is 12.1. The molecule has 0 amide bonds. The molecule has 0 fully saturated rings. The lowest BCUT2D eigenvalue weighted by Gasteiger charge is -2.22. The fourth-order valence-corrected chi connectivity index (χ4v) is 3.69. The van der Waals surface area contributed by atoms with Crippen LogP contribution in [0.3, 0.4) is 0 Å². The van der Waals surface area contributed by atoms with Crippen molar-refractivity contribution in [2.45, 2.75) is 45.3 Å². The van der Waals surface area contributed by atoms with Crippen LogP contribution in [0.25, 0.3) is 0 Å². The minimum absolute atomic E-state index is 0.144. The molecule has 1 rings (SSSR count). The highest BCUT2D eigenvalue weighted by atomic mass is 32.2. The topological polar surface area (TPSA) is 77.8 Å². The molecule has 0 saturated heterocycles. The van der Waals surface area contributed by atoms with Crippen LogP contribution in [0.1, 0.15) is 33.1 Å². The van der Waals surface area contributed by atoms with Gasteiger partial charge in [0.05, 0.1) is 18.0 Å². The summed E-state index contributed by atoms with van der Waals surface area (Å²) >= 11 is 0. The Labute approximate surface area is 128 Å². The summed E-state index contributed by atoms with van der Waals surface area (Å²) in [7, 11) is -1.65. The first-order valence-corrected chi connectivity index (χ1v) is 8.99. The summed E-state index contributed by atoms with van der Waals surface area (Å²) in [6.45, 7) is 3.96. The van der Waals surface area contributed by atoms with E-state index in [9.17, 15) is 18.6 Å². The first-order chi connectivity index (χ1) is 9.74. The van der Waals surface area contributed by atoms with Crippen molar-refractivity contribution < 1.29 is 18.6 Å². The number of likely N-dealkylation sites (N-methyl/N-ethyl adjacent to an activating group) is 1. The molecule has 3 atom stereocenters. The third-order valence-corrected chi connectivity index (χ3v) is 5.62. The molecule has 0 aromatic rings. The summed E-state index contributed by atoms with van der Waals surface area (Å²) in [6, 6.07) is 0. The predicted octanol–water partition coefficient (Wildman–Crippen LogP) is 1.29.